The molecule has 0 fully saturated rings. The molecule has 1 atom stereocenters. The number of hydrogen-bond donors (Lipinski definition) is 2. The molecule has 6 nitrogen and oxygen atoms in total. The highest BCUT2D eigenvalue weighted by Crippen LogP contribution is 2.18. The van der Waals surface area contributed by atoms with Crippen molar-refractivity contribution >= 4 is 34.8 Å². The molecule has 0 aliphatic heterocycles. The molecule has 1 aromatic carbocycles. The molecule has 2 aromatic rings. The molecule has 2 rings (SSSR count). The fourth-order valence-electron chi connectivity index (χ4n) is 1.75. The molecule has 2 N–H and O–H groups in total. The van der Waals surface area contributed by atoms with Gasteiger partial charge >= 0.3 is 5.97 Å². The first kappa shape index (κ1) is 18.2. The van der Waals surface area contributed by atoms with E-state index in [1.807, 2.05) is 0 Å². The van der Waals surface area contributed by atoms with Crippen molar-refractivity contribution in [3.8, 4) is 5.75 Å². The Balaban J connectivity index is 1.85. The number of nitrogens with one attached hydrogen (secondary N) is 1. The third-order valence-corrected chi connectivity index (χ3v) is 4.03. The Hall–Kier alpha value is -2.19. The topological polar surface area (TPSA) is 88.5 Å². The highest BCUT2D eigenvalue weighted by atomic mass is 35.5. The Labute approximate surface area is 146 Å². The summed E-state index contributed by atoms with van der Waals surface area (Å²) in [5.41, 5.74) is 0.468. The zero-order chi connectivity index (χ0) is 17.5. The lowest BCUT2D eigenvalue weighted by Crippen LogP contribution is -2.43. The number of thiazole rings is 1. The average molecular weight is 373 g/mol. The molecule has 1 aromatic heterocycles. The molecule has 128 valence electrons. The summed E-state index contributed by atoms with van der Waals surface area (Å²) in [6.45, 7) is -0.936. The first-order chi connectivity index (χ1) is 11.5. The molecule has 24 heavy (non-hydrogen) atoms. The van der Waals surface area contributed by atoms with Crippen molar-refractivity contribution in [3.05, 3.63) is 45.4 Å². The lowest BCUT2D eigenvalue weighted by molar-refractivity contribution is -0.142. The predicted octanol–water partition coefficient (Wildman–Crippen LogP) is 2.46. The number of amides is 1. The molecule has 1 heterocycles. The van der Waals surface area contributed by atoms with Crippen LogP contribution >= 0.6 is 22.9 Å². The lowest BCUT2D eigenvalue weighted by Gasteiger charge is -2.09. The number of carbonyl (C=O) groups excluding carboxylic acids is 1. The second-order valence-electron chi connectivity index (χ2n) is 4.76. The minimum absolute atomic E-state index is 0.124. The van der Waals surface area contributed by atoms with Gasteiger partial charge in [0.1, 0.15) is 24.0 Å². The van der Waals surface area contributed by atoms with Crippen LogP contribution in [-0.4, -0.2) is 34.7 Å². The Morgan fingerprint density at radius 2 is 2.08 bits per heavy atom. The van der Waals surface area contributed by atoms with E-state index in [-0.39, 0.29) is 13.0 Å². The number of alkyl halides is 1. The standard InChI is InChI=1S/C15H14ClFN2O4S/c16-9-1-3-11(4-2-9)23-7-14-18-10(8-24-14)5-13(20)19-12(6-17)15(21)22/h1-4,8,12H,5-7H2,(H,19,20)(H,21,22). The quantitative estimate of drug-likeness (QED) is 0.743. The van der Waals surface area contributed by atoms with Crippen LogP contribution in [0.2, 0.25) is 5.02 Å². The largest absolute Gasteiger partial charge is 0.486 e. The smallest absolute Gasteiger partial charge is 0.328 e. The lowest BCUT2D eigenvalue weighted by atomic mass is 10.2. The number of aliphatic carboxylic acids is 1. The van der Waals surface area contributed by atoms with Gasteiger partial charge in [-0.3, -0.25) is 4.79 Å². The number of carbonyl (C=O) groups is 2. The Kier molecular flexibility index (Phi) is 6.51. The van der Waals surface area contributed by atoms with Gasteiger partial charge in [0.25, 0.3) is 0 Å². The van der Waals surface area contributed by atoms with Crippen molar-refractivity contribution in [1.82, 2.24) is 10.3 Å². The van der Waals surface area contributed by atoms with Gasteiger partial charge in [-0.2, -0.15) is 0 Å². The number of hydrogen-bond acceptors (Lipinski definition) is 5. The average Bonchev–Trinajstić information content (AvgIpc) is 2.99. The summed E-state index contributed by atoms with van der Waals surface area (Å²) in [5.74, 6) is -1.38. The van der Waals surface area contributed by atoms with Gasteiger partial charge in [-0.1, -0.05) is 11.6 Å². The fourth-order valence-corrected chi connectivity index (χ4v) is 2.58. The number of benzene rings is 1. The molecule has 0 saturated heterocycles. The maximum Gasteiger partial charge on any atom is 0.328 e. The summed E-state index contributed by atoms with van der Waals surface area (Å²) < 4.78 is 18.0. The van der Waals surface area contributed by atoms with E-state index in [4.69, 9.17) is 21.4 Å². The number of carboxylic acids is 1. The number of aromatic nitrogens is 1. The normalized spacial score (nSPS) is 11.8. The highest BCUT2D eigenvalue weighted by Gasteiger charge is 2.20. The summed E-state index contributed by atoms with van der Waals surface area (Å²) in [6, 6.07) is 5.33. The number of ether oxygens (including phenoxy) is 1. The van der Waals surface area contributed by atoms with Gasteiger partial charge in [0.05, 0.1) is 12.1 Å². The van der Waals surface area contributed by atoms with E-state index in [1.54, 1.807) is 29.6 Å². The van der Waals surface area contributed by atoms with Crippen molar-refractivity contribution in [3.63, 3.8) is 0 Å². The molecule has 0 saturated carbocycles. The number of rotatable bonds is 8. The van der Waals surface area contributed by atoms with Crippen LogP contribution in [0.15, 0.2) is 29.6 Å². The van der Waals surface area contributed by atoms with Gasteiger partial charge in [0, 0.05) is 10.4 Å². The van der Waals surface area contributed by atoms with E-state index in [9.17, 15) is 14.0 Å². The third-order valence-electron chi connectivity index (χ3n) is 2.90. The second kappa shape index (κ2) is 8.60. The first-order valence-electron chi connectivity index (χ1n) is 6.87. The van der Waals surface area contributed by atoms with E-state index in [1.165, 1.54) is 11.3 Å². The van der Waals surface area contributed by atoms with Crippen LogP contribution in [0.25, 0.3) is 0 Å². The summed E-state index contributed by atoms with van der Waals surface area (Å²) in [5, 5.41) is 13.7. The van der Waals surface area contributed by atoms with Crippen molar-refractivity contribution < 1.29 is 23.8 Å². The monoisotopic (exact) mass is 372 g/mol. The van der Waals surface area contributed by atoms with E-state index >= 15 is 0 Å². The van der Waals surface area contributed by atoms with Gasteiger partial charge < -0.3 is 15.2 Å². The molecule has 0 spiro atoms. The minimum atomic E-state index is -1.54. The van der Waals surface area contributed by atoms with E-state index in [2.05, 4.69) is 10.3 Å². The van der Waals surface area contributed by atoms with Crippen LogP contribution in [0.4, 0.5) is 4.39 Å². The summed E-state index contributed by atoms with van der Waals surface area (Å²) in [4.78, 5) is 26.6. The van der Waals surface area contributed by atoms with Crippen LogP contribution in [0.3, 0.4) is 0 Å². The molecular formula is C15H14ClFN2O4S. The molecule has 1 unspecified atom stereocenters. The van der Waals surface area contributed by atoms with Gasteiger partial charge in [-0.25, -0.2) is 14.2 Å². The summed E-state index contributed by atoms with van der Waals surface area (Å²) in [6.07, 6.45) is -0.124. The first-order valence-corrected chi connectivity index (χ1v) is 8.13. The zero-order valence-electron chi connectivity index (χ0n) is 12.4. The highest BCUT2D eigenvalue weighted by molar-refractivity contribution is 7.09. The van der Waals surface area contributed by atoms with Gasteiger partial charge in [-0.15, -0.1) is 11.3 Å². The van der Waals surface area contributed by atoms with Gasteiger partial charge in [0.2, 0.25) is 5.91 Å². The SMILES string of the molecule is O=C(Cc1csc(COc2ccc(Cl)cc2)n1)NC(CF)C(=O)O. The molecule has 9 heteroatoms. The number of nitrogens with zero attached hydrogens (tertiary/aromatic N) is 1. The van der Waals surface area contributed by atoms with E-state index in [0.29, 0.717) is 21.5 Å². The van der Waals surface area contributed by atoms with Crippen LogP contribution in [-0.2, 0) is 22.6 Å². The molecule has 0 bridgehead atoms. The van der Waals surface area contributed by atoms with Crippen molar-refractivity contribution in [2.24, 2.45) is 0 Å². The van der Waals surface area contributed by atoms with Gasteiger partial charge in [0.15, 0.2) is 6.04 Å². The molecule has 0 aliphatic rings. The third kappa shape index (κ3) is 5.47. The van der Waals surface area contributed by atoms with Crippen LogP contribution < -0.4 is 10.1 Å². The Bertz CT molecular complexity index is 708. The van der Waals surface area contributed by atoms with Crippen LogP contribution in [0.1, 0.15) is 10.7 Å². The maximum atomic E-state index is 12.5. The van der Waals surface area contributed by atoms with Gasteiger partial charge in [-0.05, 0) is 24.3 Å². The Morgan fingerprint density at radius 1 is 1.38 bits per heavy atom. The molecule has 0 aliphatic carbocycles. The fraction of sp³-hybridized carbons (Fsp3) is 0.267. The van der Waals surface area contributed by atoms with Crippen LogP contribution in [0.5, 0.6) is 5.75 Å². The van der Waals surface area contributed by atoms with Crippen molar-refractivity contribution in [2.45, 2.75) is 19.1 Å². The molecular weight excluding hydrogens is 359 g/mol. The van der Waals surface area contributed by atoms with Crippen molar-refractivity contribution in [2.75, 3.05) is 6.67 Å². The Morgan fingerprint density at radius 3 is 2.71 bits per heavy atom. The van der Waals surface area contributed by atoms with E-state index < -0.39 is 24.6 Å². The van der Waals surface area contributed by atoms with E-state index in [0.717, 1.165) is 0 Å². The predicted molar refractivity (Wildman–Crippen MR) is 87.1 cm³/mol. The zero-order valence-corrected chi connectivity index (χ0v) is 13.9. The minimum Gasteiger partial charge on any atom is -0.486 e. The summed E-state index contributed by atoms with van der Waals surface area (Å²) >= 11 is 7.09. The maximum absolute atomic E-state index is 12.5. The second-order valence-corrected chi connectivity index (χ2v) is 6.14. The number of halogens is 2. The van der Waals surface area contributed by atoms with Crippen molar-refractivity contribution in [1.29, 1.82) is 0 Å². The van der Waals surface area contributed by atoms with Crippen LogP contribution in [0, 0.1) is 0 Å². The number of carboxylic acid groups (broad SMARTS) is 1. The molecule has 1 amide bonds. The summed E-state index contributed by atoms with van der Waals surface area (Å²) in [7, 11) is 0. The molecule has 0 radical (unpaired) electrons.